The second-order valence-electron chi connectivity index (χ2n) is 5.25. The van der Waals surface area contributed by atoms with E-state index in [0.717, 1.165) is 5.56 Å². The lowest BCUT2D eigenvalue weighted by Crippen LogP contribution is -2.19. The van der Waals surface area contributed by atoms with E-state index in [1.54, 1.807) is 7.11 Å². The smallest absolute Gasteiger partial charge is 0.231 e. The molecule has 108 valence electrons. The van der Waals surface area contributed by atoms with Crippen LogP contribution in [0.15, 0.2) is 12.1 Å². The van der Waals surface area contributed by atoms with E-state index in [1.807, 2.05) is 12.1 Å². The quantitative estimate of drug-likeness (QED) is 0.874. The lowest BCUT2D eigenvalue weighted by molar-refractivity contribution is -0.0962. The number of benzene rings is 1. The van der Waals surface area contributed by atoms with Crippen LogP contribution in [-0.4, -0.2) is 38.5 Å². The van der Waals surface area contributed by atoms with E-state index in [-0.39, 0.29) is 24.7 Å². The standard InChI is InChI=1S/C14H16O6/c1-16-10-3-12-11(19-6-20-12)2-7(10)13-8-4-18-14(15)9(8)5-17-13/h2-3,8-9,13-15H,4-6H2,1H3/t8-,9-,13+,14-/m0/s1. The Kier molecular flexibility index (Phi) is 2.76. The van der Waals surface area contributed by atoms with Crippen LogP contribution in [0.3, 0.4) is 0 Å². The molecule has 3 aliphatic heterocycles. The average molecular weight is 280 g/mol. The second-order valence-corrected chi connectivity index (χ2v) is 5.25. The molecule has 6 nitrogen and oxygen atoms in total. The highest BCUT2D eigenvalue weighted by molar-refractivity contribution is 5.53. The molecule has 3 heterocycles. The Morgan fingerprint density at radius 2 is 1.85 bits per heavy atom. The molecule has 0 bridgehead atoms. The Labute approximate surface area is 116 Å². The highest BCUT2D eigenvalue weighted by Gasteiger charge is 2.48. The summed E-state index contributed by atoms with van der Waals surface area (Å²) in [5.74, 6) is 2.26. The predicted octanol–water partition coefficient (Wildman–Crippen LogP) is 1.08. The fourth-order valence-electron chi connectivity index (χ4n) is 3.18. The van der Waals surface area contributed by atoms with Crippen molar-refractivity contribution >= 4 is 0 Å². The van der Waals surface area contributed by atoms with Gasteiger partial charge in [0.1, 0.15) is 5.75 Å². The fraction of sp³-hybridized carbons (Fsp3) is 0.571. The number of hydrogen-bond acceptors (Lipinski definition) is 6. The van der Waals surface area contributed by atoms with Crippen molar-refractivity contribution in [1.29, 1.82) is 0 Å². The lowest BCUT2D eigenvalue weighted by Gasteiger charge is -2.19. The van der Waals surface area contributed by atoms with Crippen LogP contribution >= 0.6 is 0 Å². The molecular formula is C14H16O6. The van der Waals surface area contributed by atoms with Crippen LogP contribution in [0.1, 0.15) is 11.7 Å². The number of methoxy groups -OCH3 is 1. The summed E-state index contributed by atoms with van der Waals surface area (Å²) in [7, 11) is 1.62. The van der Waals surface area contributed by atoms with E-state index in [4.69, 9.17) is 23.7 Å². The minimum absolute atomic E-state index is 0.0233. The number of rotatable bonds is 2. The molecule has 0 aliphatic carbocycles. The fourth-order valence-corrected chi connectivity index (χ4v) is 3.18. The third-order valence-corrected chi connectivity index (χ3v) is 4.26. The van der Waals surface area contributed by atoms with Gasteiger partial charge in [0.05, 0.1) is 26.4 Å². The summed E-state index contributed by atoms with van der Waals surface area (Å²) in [5, 5.41) is 9.77. The van der Waals surface area contributed by atoms with Crippen molar-refractivity contribution in [1.82, 2.24) is 0 Å². The molecule has 1 aromatic carbocycles. The van der Waals surface area contributed by atoms with Crippen molar-refractivity contribution in [3.63, 3.8) is 0 Å². The van der Waals surface area contributed by atoms with Crippen molar-refractivity contribution in [2.24, 2.45) is 11.8 Å². The Bertz CT molecular complexity index is 531. The van der Waals surface area contributed by atoms with Gasteiger partial charge in [-0.15, -0.1) is 0 Å². The number of aliphatic hydroxyl groups is 1. The van der Waals surface area contributed by atoms with E-state index in [0.29, 0.717) is 30.5 Å². The molecule has 4 atom stereocenters. The summed E-state index contributed by atoms with van der Waals surface area (Å²) < 4.78 is 27.4. The van der Waals surface area contributed by atoms with Crippen LogP contribution in [0.25, 0.3) is 0 Å². The maximum absolute atomic E-state index is 9.77. The molecule has 0 aromatic heterocycles. The zero-order valence-corrected chi connectivity index (χ0v) is 11.1. The van der Waals surface area contributed by atoms with Crippen molar-refractivity contribution in [2.45, 2.75) is 12.4 Å². The third kappa shape index (κ3) is 1.69. The summed E-state index contributed by atoms with van der Waals surface area (Å²) in [4.78, 5) is 0. The molecule has 0 radical (unpaired) electrons. The molecule has 0 spiro atoms. The first-order valence-corrected chi connectivity index (χ1v) is 6.66. The Hall–Kier alpha value is -1.50. The molecule has 0 saturated carbocycles. The van der Waals surface area contributed by atoms with Crippen LogP contribution in [-0.2, 0) is 9.47 Å². The van der Waals surface area contributed by atoms with Gasteiger partial charge in [0.25, 0.3) is 0 Å². The first-order valence-electron chi connectivity index (χ1n) is 6.66. The molecule has 20 heavy (non-hydrogen) atoms. The van der Waals surface area contributed by atoms with Gasteiger partial charge in [-0.25, -0.2) is 0 Å². The van der Waals surface area contributed by atoms with E-state index in [1.165, 1.54) is 0 Å². The lowest BCUT2D eigenvalue weighted by atomic mass is 9.89. The van der Waals surface area contributed by atoms with E-state index < -0.39 is 6.29 Å². The normalized spacial score (nSPS) is 34.3. The molecule has 1 aromatic rings. The minimum atomic E-state index is -0.731. The van der Waals surface area contributed by atoms with Gasteiger partial charge in [-0.05, 0) is 6.07 Å². The van der Waals surface area contributed by atoms with Crippen LogP contribution in [0, 0.1) is 11.8 Å². The van der Waals surface area contributed by atoms with E-state index in [9.17, 15) is 5.11 Å². The summed E-state index contributed by atoms with van der Waals surface area (Å²) in [6, 6.07) is 3.72. The van der Waals surface area contributed by atoms with E-state index in [2.05, 4.69) is 0 Å². The van der Waals surface area contributed by atoms with Crippen molar-refractivity contribution in [3.8, 4) is 17.2 Å². The molecule has 3 aliphatic rings. The van der Waals surface area contributed by atoms with Gasteiger partial charge in [-0.3, -0.25) is 0 Å². The maximum atomic E-state index is 9.77. The van der Waals surface area contributed by atoms with Gasteiger partial charge in [-0.1, -0.05) is 0 Å². The molecule has 4 rings (SSSR count). The monoisotopic (exact) mass is 280 g/mol. The number of hydrogen-bond donors (Lipinski definition) is 1. The van der Waals surface area contributed by atoms with Gasteiger partial charge >= 0.3 is 0 Å². The van der Waals surface area contributed by atoms with Gasteiger partial charge in [0.2, 0.25) is 6.79 Å². The molecule has 2 saturated heterocycles. The average Bonchev–Trinajstić information content (AvgIpc) is 3.14. The van der Waals surface area contributed by atoms with Crippen LogP contribution in [0.2, 0.25) is 0 Å². The third-order valence-electron chi connectivity index (χ3n) is 4.26. The first kappa shape index (κ1) is 12.3. The molecule has 6 heteroatoms. The summed E-state index contributed by atoms with van der Waals surface area (Å²) in [6.45, 7) is 1.21. The number of aliphatic hydroxyl groups excluding tert-OH is 1. The summed E-state index contributed by atoms with van der Waals surface area (Å²) in [5.41, 5.74) is 0.918. The maximum Gasteiger partial charge on any atom is 0.231 e. The topological polar surface area (TPSA) is 66.4 Å². The molecular weight excluding hydrogens is 264 g/mol. The van der Waals surface area contributed by atoms with Gasteiger partial charge < -0.3 is 28.8 Å². The van der Waals surface area contributed by atoms with Gasteiger partial charge in [0, 0.05) is 23.5 Å². The van der Waals surface area contributed by atoms with Crippen molar-refractivity contribution in [3.05, 3.63) is 17.7 Å². The van der Waals surface area contributed by atoms with E-state index >= 15 is 0 Å². The molecule has 0 amide bonds. The second kappa shape index (κ2) is 4.51. The Balaban J connectivity index is 1.71. The van der Waals surface area contributed by atoms with Gasteiger partial charge in [-0.2, -0.15) is 0 Å². The van der Waals surface area contributed by atoms with Crippen LogP contribution in [0.4, 0.5) is 0 Å². The van der Waals surface area contributed by atoms with Crippen LogP contribution in [0.5, 0.6) is 17.2 Å². The SMILES string of the molecule is COc1cc2c(cc1[C@H]1OC[C@H]3[C@@H]1CO[C@@H]3O)OCO2. The number of ether oxygens (including phenoxy) is 5. The molecule has 2 fully saturated rings. The minimum Gasteiger partial charge on any atom is -0.496 e. The summed E-state index contributed by atoms with van der Waals surface area (Å²) in [6.07, 6.45) is -0.883. The first-order chi connectivity index (χ1) is 9.78. The van der Waals surface area contributed by atoms with Crippen LogP contribution < -0.4 is 14.2 Å². The highest BCUT2D eigenvalue weighted by Crippen LogP contribution is 2.49. The Morgan fingerprint density at radius 3 is 2.65 bits per heavy atom. The van der Waals surface area contributed by atoms with Crippen molar-refractivity contribution in [2.75, 3.05) is 27.1 Å². The zero-order valence-electron chi connectivity index (χ0n) is 11.1. The molecule has 0 unspecified atom stereocenters. The van der Waals surface area contributed by atoms with Gasteiger partial charge in [0.15, 0.2) is 17.8 Å². The predicted molar refractivity (Wildman–Crippen MR) is 66.7 cm³/mol. The largest absolute Gasteiger partial charge is 0.496 e. The molecule has 1 N–H and O–H groups in total. The summed E-state index contributed by atoms with van der Waals surface area (Å²) >= 11 is 0. The highest BCUT2D eigenvalue weighted by atomic mass is 16.7. The zero-order chi connectivity index (χ0) is 13.7. The number of fused-ring (bicyclic) bond motifs is 2. The van der Waals surface area contributed by atoms with Crippen molar-refractivity contribution < 1.29 is 28.8 Å². The Morgan fingerprint density at radius 1 is 1.10 bits per heavy atom.